The molecule has 4 rings (SSSR count). The Morgan fingerprint density at radius 3 is 2.15 bits per heavy atom. The van der Waals surface area contributed by atoms with Crippen LogP contribution in [-0.2, 0) is 9.47 Å². The molecule has 3 aromatic rings. The molecule has 2 amide bonds. The number of hydrogen-bond donors (Lipinski definition) is 1. The summed E-state index contributed by atoms with van der Waals surface area (Å²) in [5.41, 5.74) is 3.15. The first kappa shape index (κ1) is 32.4. The van der Waals surface area contributed by atoms with Gasteiger partial charge in [0, 0.05) is 44.3 Å². The highest BCUT2D eigenvalue weighted by atomic mass is 35.5. The Morgan fingerprint density at radius 1 is 0.951 bits per heavy atom. The van der Waals surface area contributed by atoms with Crippen LogP contribution in [0, 0.1) is 0 Å². The predicted octanol–water partition coefficient (Wildman–Crippen LogP) is 6.72. The molecule has 1 N–H and O–H groups in total. The van der Waals surface area contributed by atoms with E-state index in [1.807, 2.05) is 17.0 Å². The first-order valence-electron chi connectivity index (χ1n) is 13.9. The fourth-order valence-electron chi connectivity index (χ4n) is 4.82. The van der Waals surface area contributed by atoms with Crippen molar-refractivity contribution in [2.24, 2.45) is 0 Å². The molecule has 0 bridgehead atoms. The molecule has 3 aromatic carbocycles. The Hall–Kier alpha value is -3.10. The molecule has 0 saturated carbocycles. The average Bonchev–Trinajstić information content (AvgIpc) is 2.97. The van der Waals surface area contributed by atoms with Crippen molar-refractivity contribution in [2.45, 2.75) is 32.3 Å². The summed E-state index contributed by atoms with van der Waals surface area (Å²) < 4.78 is 10.8. The number of esters is 1. The molecule has 0 radical (unpaired) electrons. The van der Waals surface area contributed by atoms with Gasteiger partial charge in [0.25, 0.3) is 0 Å². The van der Waals surface area contributed by atoms with Crippen molar-refractivity contribution in [3.8, 4) is 0 Å². The van der Waals surface area contributed by atoms with Crippen LogP contribution in [0.2, 0.25) is 5.02 Å². The van der Waals surface area contributed by atoms with E-state index >= 15 is 0 Å². The third kappa shape index (κ3) is 9.75. The molecule has 0 aromatic heterocycles. The monoisotopic (exact) mass is 599 g/mol. The zero-order valence-electron chi connectivity index (χ0n) is 23.6. The van der Waals surface area contributed by atoms with Crippen molar-refractivity contribution in [1.82, 2.24) is 9.80 Å². The van der Waals surface area contributed by atoms with E-state index in [0.29, 0.717) is 32.0 Å². The van der Waals surface area contributed by atoms with Crippen LogP contribution in [-0.4, -0.2) is 73.8 Å². The maximum atomic E-state index is 13.6. The van der Waals surface area contributed by atoms with Gasteiger partial charge >= 0.3 is 12.0 Å². The van der Waals surface area contributed by atoms with Crippen LogP contribution in [0.3, 0.4) is 0 Å². The van der Waals surface area contributed by atoms with Crippen molar-refractivity contribution >= 4 is 41.7 Å². The number of nitrogens with one attached hydrogen (secondary N) is 1. The molecule has 0 atom stereocenters. The zero-order chi connectivity index (χ0) is 28.3. The van der Waals surface area contributed by atoms with Crippen molar-refractivity contribution in [2.75, 3.05) is 51.3 Å². The van der Waals surface area contributed by atoms with Crippen LogP contribution in [0.25, 0.3) is 0 Å². The molecule has 1 heterocycles. The highest BCUT2D eigenvalue weighted by Gasteiger charge is 2.22. The maximum absolute atomic E-state index is 13.6. The molecule has 9 heteroatoms. The minimum Gasteiger partial charge on any atom is -0.459 e. The lowest BCUT2D eigenvalue weighted by atomic mass is 9.88. The first-order valence-corrected chi connectivity index (χ1v) is 14.2. The quantitative estimate of drug-likeness (QED) is 0.248. The third-order valence-corrected chi connectivity index (χ3v) is 7.28. The van der Waals surface area contributed by atoms with Crippen molar-refractivity contribution in [3.05, 3.63) is 101 Å². The van der Waals surface area contributed by atoms with Crippen LogP contribution < -0.4 is 5.32 Å². The molecule has 7 nitrogen and oxygen atoms in total. The van der Waals surface area contributed by atoms with Gasteiger partial charge in [-0.15, -0.1) is 12.4 Å². The van der Waals surface area contributed by atoms with Crippen molar-refractivity contribution in [3.63, 3.8) is 0 Å². The summed E-state index contributed by atoms with van der Waals surface area (Å²) in [5.74, 6) is -0.372. The van der Waals surface area contributed by atoms with Gasteiger partial charge in [-0.2, -0.15) is 0 Å². The van der Waals surface area contributed by atoms with Crippen LogP contribution in [0.4, 0.5) is 10.5 Å². The number of anilines is 1. The lowest BCUT2D eigenvalue weighted by Crippen LogP contribution is -2.44. The SMILES string of the molecule is CC(C)OC(=O)c1cc(NC(=O)N(CCC(c2ccccc2)c2ccccc2)CCN2CCOCC2)ccc1Cl.Cl. The molecule has 0 aliphatic carbocycles. The summed E-state index contributed by atoms with van der Waals surface area (Å²) in [6.45, 7) is 8.55. The van der Waals surface area contributed by atoms with E-state index in [0.717, 1.165) is 26.1 Å². The van der Waals surface area contributed by atoms with Gasteiger partial charge < -0.3 is 19.7 Å². The van der Waals surface area contributed by atoms with Gasteiger partial charge in [0.2, 0.25) is 0 Å². The Bertz CT molecular complexity index is 1200. The van der Waals surface area contributed by atoms with Crippen LogP contribution >= 0.6 is 24.0 Å². The van der Waals surface area contributed by atoms with Gasteiger partial charge in [-0.1, -0.05) is 72.3 Å². The average molecular weight is 601 g/mol. The minimum atomic E-state index is -0.520. The number of benzene rings is 3. The summed E-state index contributed by atoms with van der Waals surface area (Å²) >= 11 is 6.27. The third-order valence-electron chi connectivity index (χ3n) is 6.95. The largest absolute Gasteiger partial charge is 0.459 e. The number of rotatable bonds is 11. The van der Waals surface area contributed by atoms with E-state index in [4.69, 9.17) is 21.1 Å². The predicted molar refractivity (Wildman–Crippen MR) is 166 cm³/mol. The van der Waals surface area contributed by atoms with Crippen molar-refractivity contribution < 1.29 is 19.1 Å². The van der Waals surface area contributed by atoms with Crippen molar-refractivity contribution in [1.29, 1.82) is 0 Å². The van der Waals surface area contributed by atoms with E-state index in [9.17, 15) is 9.59 Å². The maximum Gasteiger partial charge on any atom is 0.339 e. The summed E-state index contributed by atoms with van der Waals surface area (Å²) in [5, 5.41) is 3.27. The molecule has 1 aliphatic heterocycles. The van der Waals surface area contributed by atoms with Gasteiger partial charge in [0.15, 0.2) is 0 Å². The normalized spacial score (nSPS) is 13.5. The smallest absolute Gasteiger partial charge is 0.339 e. The summed E-state index contributed by atoms with van der Waals surface area (Å²) in [6, 6.07) is 25.5. The Labute approximate surface area is 254 Å². The standard InChI is InChI=1S/C32H38ClN3O4.ClH/c1-24(2)40-31(37)29-23-27(13-14-30(29)33)34-32(38)36(18-17-35-19-21-39-22-20-35)16-15-28(25-9-5-3-6-10-25)26-11-7-4-8-12-26;/h3-14,23-24,28H,15-22H2,1-2H3,(H,34,38);1H. The van der Waals surface area contributed by atoms with Gasteiger partial charge in [0.1, 0.15) is 0 Å². The molecule has 1 fully saturated rings. The number of morpholine rings is 1. The molecule has 1 aliphatic rings. The second-order valence-corrected chi connectivity index (χ2v) is 10.6. The highest BCUT2D eigenvalue weighted by Crippen LogP contribution is 2.28. The van der Waals surface area contributed by atoms with Gasteiger partial charge in [-0.3, -0.25) is 4.90 Å². The lowest BCUT2D eigenvalue weighted by molar-refractivity contribution is 0.0350. The minimum absolute atomic E-state index is 0. The van der Waals surface area contributed by atoms with E-state index < -0.39 is 5.97 Å². The Morgan fingerprint density at radius 2 is 1.56 bits per heavy atom. The van der Waals surface area contributed by atoms with Gasteiger partial charge in [-0.05, 0) is 49.6 Å². The zero-order valence-corrected chi connectivity index (χ0v) is 25.2. The summed E-state index contributed by atoms with van der Waals surface area (Å²) in [7, 11) is 0. The second-order valence-electron chi connectivity index (χ2n) is 10.2. The molecule has 220 valence electrons. The lowest BCUT2D eigenvalue weighted by Gasteiger charge is -2.31. The molecule has 0 spiro atoms. The molecule has 0 unspecified atom stereocenters. The highest BCUT2D eigenvalue weighted by molar-refractivity contribution is 6.33. The number of hydrogen-bond acceptors (Lipinski definition) is 5. The number of amides is 2. The molecular weight excluding hydrogens is 561 g/mol. The van der Waals surface area contributed by atoms with Gasteiger partial charge in [0.05, 0.1) is 29.9 Å². The van der Waals surface area contributed by atoms with E-state index in [-0.39, 0.29) is 41.0 Å². The number of carbonyl (C=O) groups is 2. The molecule has 1 saturated heterocycles. The topological polar surface area (TPSA) is 71.1 Å². The fraction of sp³-hybridized carbons (Fsp3) is 0.375. The van der Waals surface area contributed by atoms with Crippen LogP contribution in [0.1, 0.15) is 47.7 Å². The second kappa shape index (κ2) is 16.4. The number of halogens is 2. The Balaban J connectivity index is 0.00000462. The molecular formula is C32H39Cl2N3O4. The summed E-state index contributed by atoms with van der Waals surface area (Å²) in [4.78, 5) is 30.3. The van der Waals surface area contributed by atoms with E-state index in [1.165, 1.54) is 11.1 Å². The Kier molecular flexibility index (Phi) is 12.9. The van der Waals surface area contributed by atoms with E-state index in [2.05, 4.69) is 58.7 Å². The number of ether oxygens (including phenoxy) is 2. The number of carbonyl (C=O) groups excluding carboxylic acids is 2. The first-order chi connectivity index (χ1) is 19.4. The number of urea groups is 1. The van der Waals surface area contributed by atoms with E-state index in [1.54, 1.807) is 32.0 Å². The summed E-state index contributed by atoms with van der Waals surface area (Å²) in [6.07, 6.45) is 0.483. The fourth-order valence-corrected chi connectivity index (χ4v) is 5.02. The van der Waals surface area contributed by atoms with Crippen LogP contribution in [0.15, 0.2) is 78.9 Å². The van der Waals surface area contributed by atoms with Gasteiger partial charge in [-0.25, -0.2) is 9.59 Å². The number of nitrogens with zero attached hydrogens (tertiary/aromatic N) is 2. The molecule has 41 heavy (non-hydrogen) atoms. The van der Waals surface area contributed by atoms with Crippen LogP contribution in [0.5, 0.6) is 0 Å².